The molecule has 1 aliphatic heterocycles. The van der Waals surface area contributed by atoms with Gasteiger partial charge in [0.2, 0.25) is 0 Å². The molecule has 0 N–H and O–H groups in total. The second-order valence-corrected chi connectivity index (χ2v) is 6.55. The van der Waals surface area contributed by atoms with Gasteiger partial charge < -0.3 is 19.0 Å². The number of hydrogen-bond acceptors (Lipinski definition) is 5. The van der Waals surface area contributed by atoms with Crippen LogP contribution >= 0.6 is 0 Å². The number of amides is 1. The highest BCUT2D eigenvalue weighted by atomic mass is 16.6. The normalized spacial score (nSPS) is 14.5. The number of ether oxygens (including phenoxy) is 1. The fourth-order valence-electron chi connectivity index (χ4n) is 3.43. The van der Waals surface area contributed by atoms with E-state index in [1.807, 2.05) is 18.2 Å². The van der Waals surface area contributed by atoms with Crippen molar-refractivity contribution in [3.63, 3.8) is 0 Å². The predicted octanol–water partition coefficient (Wildman–Crippen LogP) is 3.76. The molecule has 140 valence electrons. The predicted molar refractivity (Wildman–Crippen MR) is 102 cm³/mol. The van der Waals surface area contributed by atoms with Crippen molar-refractivity contribution in [1.29, 1.82) is 0 Å². The van der Waals surface area contributed by atoms with E-state index in [1.54, 1.807) is 4.90 Å². The molecular formula is C20H26N2O4. The number of anilines is 1. The number of nitrogens with zero attached hydrogens (tertiary/aromatic N) is 2. The number of carbonyl (C=O) groups excluding carboxylic acids is 1. The Balaban J connectivity index is 1.81. The average molecular weight is 358 g/mol. The van der Waals surface area contributed by atoms with Gasteiger partial charge in [0.1, 0.15) is 12.2 Å². The van der Waals surface area contributed by atoms with Gasteiger partial charge in [-0.25, -0.2) is 9.59 Å². The highest BCUT2D eigenvalue weighted by Crippen LogP contribution is 2.24. The van der Waals surface area contributed by atoms with Crippen LogP contribution in [-0.2, 0) is 11.3 Å². The number of fused-ring (bicyclic) bond motifs is 1. The lowest BCUT2D eigenvalue weighted by molar-refractivity contribution is 0.0897. The van der Waals surface area contributed by atoms with E-state index in [-0.39, 0.29) is 12.7 Å². The standard InChI is InChI=1S/C20H26N2O4/c1-3-21(4-2)16-8-9-17-15(12-19(23)26-18(17)13-16)14-25-20(24)22-10-6-5-7-11-22/h8-9,12-13H,3-7,10-11,14H2,1-2H3. The zero-order valence-electron chi connectivity index (χ0n) is 15.5. The summed E-state index contributed by atoms with van der Waals surface area (Å²) in [6, 6.07) is 7.21. The smallest absolute Gasteiger partial charge is 0.410 e. The molecule has 0 aliphatic carbocycles. The summed E-state index contributed by atoms with van der Waals surface area (Å²) in [6.07, 6.45) is 2.87. The van der Waals surface area contributed by atoms with Crippen LogP contribution < -0.4 is 10.5 Å². The number of carbonyl (C=O) groups is 1. The first-order valence-corrected chi connectivity index (χ1v) is 9.35. The summed E-state index contributed by atoms with van der Waals surface area (Å²) in [5.74, 6) is 0. The van der Waals surface area contributed by atoms with E-state index in [4.69, 9.17) is 9.15 Å². The summed E-state index contributed by atoms with van der Waals surface area (Å²) in [5.41, 5.74) is 1.77. The monoisotopic (exact) mass is 358 g/mol. The Bertz CT molecular complexity index is 820. The topological polar surface area (TPSA) is 63.0 Å². The minimum Gasteiger partial charge on any atom is -0.445 e. The van der Waals surface area contributed by atoms with Crippen molar-refractivity contribution in [2.24, 2.45) is 0 Å². The van der Waals surface area contributed by atoms with Crippen molar-refractivity contribution in [3.05, 3.63) is 40.2 Å². The van der Waals surface area contributed by atoms with E-state index in [2.05, 4.69) is 18.7 Å². The van der Waals surface area contributed by atoms with Gasteiger partial charge in [0.15, 0.2) is 0 Å². The number of rotatable bonds is 5. The van der Waals surface area contributed by atoms with Crippen LogP contribution in [0.4, 0.5) is 10.5 Å². The largest absolute Gasteiger partial charge is 0.445 e. The molecule has 1 fully saturated rings. The summed E-state index contributed by atoms with van der Waals surface area (Å²) < 4.78 is 10.8. The van der Waals surface area contributed by atoms with Crippen LogP contribution in [0.3, 0.4) is 0 Å². The molecule has 26 heavy (non-hydrogen) atoms. The van der Waals surface area contributed by atoms with Crippen molar-refractivity contribution in [3.8, 4) is 0 Å². The maximum atomic E-state index is 12.2. The van der Waals surface area contributed by atoms with Gasteiger partial charge in [0, 0.05) is 54.9 Å². The van der Waals surface area contributed by atoms with Crippen molar-refractivity contribution in [1.82, 2.24) is 4.90 Å². The third kappa shape index (κ3) is 4.00. The Morgan fingerprint density at radius 3 is 2.58 bits per heavy atom. The molecule has 0 unspecified atom stereocenters. The molecule has 2 aromatic rings. The fourth-order valence-corrected chi connectivity index (χ4v) is 3.43. The molecule has 1 saturated heterocycles. The van der Waals surface area contributed by atoms with E-state index >= 15 is 0 Å². The van der Waals surface area contributed by atoms with Gasteiger partial charge in [0.05, 0.1) is 0 Å². The van der Waals surface area contributed by atoms with Crippen LogP contribution in [0.15, 0.2) is 33.5 Å². The van der Waals surface area contributed by atoms with Crippen LogP contribution in [0.5, 0.6) is 0 Å². The molecule has 0 atom stereocenters. The summed E-state index contributed by atoms with van der Waals surface area (Å²) in [7, 11) is 0. The zero-order valence-corrected chi connectivity index (χ0v) is 15.5. The molecule has 1 amide bonds. The van der Waals surface area contributed by atoms with Crippen LogP contribution in [0.25, 0.3) is 11.0 Å². The van der Waals surface area contributed by atoms with Crippen LogP contribution in [0.1, 0.15) is 38.7 Å². The van der Waals surface area contributed by atoms with E-state index in [9.17, 15) is 9.59 Å². The number of likely N-dealkylation sites (tertiary alicyclic amines) is 1. The maximum absolute atomic E-state index is 12.2. The molecule has 1 aromatic heterocycles. The molecule has 0 radical (unpaired) electrons. The van der Waals surface area contributed by atoms with Crippen molar-refractivity contribution in [2.75, 3.05) is 31.1 Å². The molecule has 2 heterocycles. The van der Waals surface area contributed by atoms with Gasteiger partial charge in [-0.15, -0.1) is 0 Å². The first-order valence-electron chi connectivity index (χ1n) is 9.35. The van der Waals surface area contributed by atoms with Gasteiger partial charge in [0.25, 0.3) is 0 Å². The van der Waals surface area contributed by atoms with Crippen LogP contribution in [-0.4, -0.2) is 37.2 Å². The fraction of sp³-hybridized carbons (Fsp3) is 0.500. The summed E-state index contributed by atoms with van der Waals surface area (Å²) in [6.45, 7) is 7.47. The first-order chi connectivity index (χ1) is 12.6. The average Bonchev–Trinajstić information content (AvgIpc) is 2.67. The third-order valence-electron chi connectivity index (χ3n) is 4.91. The highest BCUT2D eigenvalue weighted by Gasteiger charge is 2.18. The molecule has 1 aliphatic rings. The van der Waals surface area contributed by atoms with Gasteiger partial charge >= 0.3 is 11.7 Å². The van der Waals surface area contributed by atoms with Crippen molar-refractivity contribution < 1.29 is 13.9 Å². The van der Waals surface area contributed by atoms with Gasteiger partial charge in [-0.1, -0.05) is 0 Å². The lowest BCUT2D eigenvalue weighted by Crippen LogP contribution is -2.35. The van der Waals surface area contributed by atoms with Gasteiger partial charge in [-0.05, 0) is 45.2 Å². The lowest BCUT2D eigenvalue weighted by atomic mass is 10.1. The van der Waals surface area contributed by atoms with Crippen molar-refractivity contribution >= 4 is 22.7 Å². The van der Waals surface area contributed by atoms with Gasteiger partial charge in [-0.3, -0.25) is 0 Å². The minimum absolute atomic E-state index is 0.0715. The number of hydrogen-bond donors (Lipinski definition) is 0. The molecular weight excluding hydrogens is 332 g/mol. The number of piperidine rings is 1. The lowest BCUT2D eigenvalue weighted by Gasteiger charge is -2.25. The summed E-state index contributed by atoms with van der Waals surface area (Å²) in [4.78, 5) is 28.1. The molecule has 3 rings (SSSR count). The minimum atomic E-state index is -0.432. The van der Waals surface area contributed by atoms with Crippen LogP contribution in [0.2, 0.25) is 0 Å². The Labute approximate surface area is 153 Å². The quantitative estimate of drug-likeness (QED) is 0.762. The Morgan fingerprint density at radius 1 is 1.15 bits per heavy atom. The second kappa shape index (κ2) is 8.25. The summed E-state index contributed by atoms with van der Waals surface area (Å²) >= 11 is 0. The Kier molecular flexibility index (Phi) is 5.81. The van der Waals surface area contributed by atoms with Gasteiger partial charge in [-0.2, -0.15) is 0 Å². The molecule has 1 aromatic carbocycles. The SMILES string of the molecule is CCN(CC)c1ccc2c(COC(=O)N3CCCCC3)cc(=O)oc2c1. The van der Waals surface area contributed by atoms with Crippen molar-refractivity contribution in [2.45, 2.75) is 39.7 Å². The van der Waals surface area contributed by atoms with E-state index in [0.717, 1.165) is 56.5 Å². The Morgan fingerprint density at radius 2 is 1.88 bits per heavy atom. The van der Waals surface area contributed by atoms with E-state index in [0.29, 0.717) is 11.1 Å². The zero-order chi connectivity index (χ0) is 18.5. The highest BCUT2D eigenvalue weighted by molar-refractivity contribution is 5.83. The molecule has 6 heteroatoms. The van der Waals surface area contributed by atoms with Crippen LogP contribution in [0, 0.1) is 0 Å². The van der Waals surface area contributed by atoms with E-state index in [1.165, 1.54) is 6.07 Å². The maximum Gasteiger partial charge on any atom is 0.410 e. The Hall–Kier alpha value is -2.50. The molecule has 0 saturated carbocycles. The summed E-state index contributed by atoms with van der Waals surface area (Å²) in [5, 5.41) is 0.798. The molecule has 0 bridgehead atoms. The van der Waals surface area contributed by atoms with E-state index < -0.39 is 5.63 Å². The number of benzene rings is 1. The molecule has 6 nitrogen and oxygen atoms in total. The third-order valence-corrected chi connectivity index (χ3v) is 4.91. The molecule has 0 spiro atoms. The second-order valence-electron chi connectivity index (χ2n) is 6.55. The first kappa shape index (κ1) is 18.3.